The van der Waals surface area contributed by atoms with E-state index in [9.17, 15) is 14.7 Å². The molecule has 1 N–H and O–H groups in total. The summed E-state index contributed by atoms with van der Waals surface area (Å²) in [6.07, 6.45) is 2.93. The highest BCUT2D eigenvalue weighted by Gasteiger charge is 2.32. The molecule has 0 amide bonds. The first-order chi connectivity index (χ1) is 7.56. The predicted molar refractivity (Wildman–Crippen MR) is 59.0 cm³/mol. The number of unbranched alkanes of at least 4 members (excludes halogenated alkanes) is 2. The summed E-state index contributed by atoms with van der Waals surface area (Å²) in [7, 11) is 0. The summed E-state index contributed by atoms with van der Waals surface area (Å²) in [6, 6.07) is 0. The Labute approximate surface area is 95.3 Å². The number of carbonyl (C=O) groups is 2. The summed E-state index contributed by atoms with van der Waals surface area (Å²) in [4.78, 5) is 23.0. The molecule has 0 aliphatic carbocycles. The lowest BCUT2D eigenvalue weighted by Gasteiger charge is -2.20. The third kappa shape index (κ3) is 3.08. The van der Waals surface area contributed by atoms with Crippen LogP contribution in [0.5, 0.6) is 0 Å². The van der Waals surface area contributed by atoms with Crippen LogP contribution < -0.4 is 0 Å². The van der Waals surface area contributed by atoms with Crippen molar-refractivity contribution in [2.24, 2.45) is 0 Å². The molecular formula is C12H18O4. The minimum Gasteiger partial charge on any atom is -0.511 e. The Hall–Kier alpha value is -1.32. The van der Waals surface area contributed by atoms with Gasteiger partial charge in [-0.3, -0.25) is 4.79 Å². The Morgan fingerprint density at radius 3 is 2.69 bits per heavy atom. The molecule has 1 saturated heterocycles. The molecule has 1 fully saturated rings. The van der Waals surface area contributed by atoms with Crippen molar-refractivity contribution in [1.82, 2.24) is 0 Å². The van der Waals surface area contributed by atoms with Gasteiger partial charge in [-0.25, -0.2) is 4.79 Å². The van der Waals surface area contributed by atoms with Gasteiger partial charge in [0.15, 0.2) is 5.78 Å². The molecule has 1 unspecified atom stereocenters. The summed E-state index contributed by atoms with van der Waals surface area (Å²) < 4.78 is 4.92. The first kappa shape index (κ1) is 12.7. The summed E-state index contributed by atoms with van der Waals surface area (Å²) >= 11 is 0. The van der Waals surface area contributed by atoms with Crippen LogP contribution in [0.1, 0.15) is 46.0 Å². The second-order valence-corrected chi connectivity index (χ2v) is 4.12. The number of carbonyl (C=O) groups excluding carboxylic acids is 2. The zero-order valence-corrected chi connectivity index (χ0v) is 9.78. The fourth-order valence-corrected chi connectivity index (χ4v) is 1.71. The number of hydrogen-bond donors (Lipinski definition) is 1. The van der Waals surface area contributed by atoms with Gasteiger partial charge in [-0.2, -0.15) is 0 Å². The van der Waals surface area contributed by atoms with Crippen molar-refractivity contribution >= 4 is 11.8 Å². The molecule has 0 aromatic heterocycles. The standard InChI is InChI=1S/C12H18O4/c1-3-4-5-6-9(13)11-10(14)7-8(2)16-12(11)15/h8,13H,3-7H2,1-2H3/b11-9+. The lowest BCUT2D eigenvalue weighted by Crippen LogP contribution is -2.31. The SMILES string of the molecule is CCCCC/C(O)=C1/C(=O)CC(C)OC1=O. The van der Waals surface area contributed by atoms with E-state index in [0.717, 1.165) is 19.3 Å². The zero-order valence-electron chi connectivity index (χ0n) is 9.78. The Morgan fingerprint density at radius 1 is 1.44 bits per heavy atom. The molecule has 0 spiro atoms. The average Bonchev–Trinajstić information content (AvgIpc) is 2.16. The van der Waals surface area contributed by atoms with Crippen LogP contribution in [-0.2, 0) is 14.3 Å². The van der Waals surface area contributed by atoms with Gasteiger partial charge in [0.25, 0.3) is 0 Å². The summed E-state index contributed by atoms with van der Waals surface area (Å²) in [5, 5.41) is 9.69. The molecule has 0 aromatic rings. The second-order valence-electron chi connectivity index (χ2n) is 4.12. The van der Waals surface area contributed by atoms with Gasteiger partial charge in [0.05, 0.1) is 0 Å². The summed E-state index contributed by atoms with van der Waals surface area (Å²) in [5.41, 5.74) is -0.144. The third-order valence-electron chi connectivity index (χ3n) is 2.57. The number of rotatable bonds is 4. The number of Topliss-reactive ketones (excluding diaryl/α,β-unsaturated/α-hetero) is 1. The van der Waals surface area contributed by atoms with Gasteiger partial charge >= 0.3 is 5.97 Å². The van der Waals surface area contributed by atoms with E-state index < -0.39 is 5.97 Å². The van der Waals surface area contributed by atoms with E-state index in [-0.39, 0.29) is 29.6 Å². The molecule has 0 aromatic carbocycles. The van der Waals surface area contributed by atoms with Crippen LogP contribution in [0.4, 0.5) is 0 Å². The van der Waals surface area contributed by atoms with Gasteiger partial charge in [0, 0.05) is 12.8 Å². The van der Waals surface area contributed by atoms with E-state index in [4.69, 9.17) is 4.74 Å². The van der Waals surface area contributed by atoms with Gasteiger partial charge in [0.1, 0.15) is 17.4 Å². The first-order valence-corrected chi connectivity index (χ1v) is 5.72. The minimum absolute atomic E-state index is 0.115. The van der Waals surface area contributed by atoms with Crippen LogP contribution >= 0.6 is 0 Å². The Bertz CT molecular complexity index is 297. The number of ketones is 1. The van der Waals surface area contributed by atoms with Crippen molar-refractivity contribution in [1.29, 1.82) is 0 Å². The maximum atomic E-state index is 11.6. The lowest BCUT2D eigenvalue weighted by atomic mass is 9.99. The van der Waals surface area contributed by atoms with Crippen LogP contribution in [0, 0.1) is 0 Å². The fraction of sp³-hybridized carbons (Fsp3) is 0.667. The summed E-state index contributed by atoms with van der Waals surface area (Å²) in [5.74, 6) is -1.11. The van der Waals surface area contributed by atoms with E-state index in [2.05, 4.69) is 0 Å². The maximum absolute atomic E-state index is 11.6. The van der Waals surface area contributed by atoms with Crippen LogP contribution in [0.3, 0.4) is 0 Å². The van der Waals surface area contributed by atoms with Gasteiger partial charge in [-0.15, -0.1) is 0 Å². The molecule has 90 valence electrons. The number of cyclic esters (lactones) is 1. The van der Waals surface area contributed by atoms with Crippen LogP contribution in [0.25, 0.3) is 0 Å². The summed E-state index contributed by atoms with van der Waals surface area (Å²) in [6.45, 7) is 3.71. The average molecular weight is 226 g/mol. The highest BCUT2D eigenvalue weighted by molar-refractivity contribution is 6.19. The monoisotopic (exact) mass is 226 g/mol. The largest absolute Gasteiger partial charge is 0.511 e. The van der Waals surface area contributed by atoms with E-state index in [1.54, 1.807) is 6.92 Å². The highest BCUT2D eigenvalue weighted by atomic mass is 16.5. The third-order valence-corrected chi connectivity index (χ3v) is 2.57. The van der Waals surface area contributed by atoms with Crippen LogP contribution in [-0.4, -0.2) is 23.0 Å². The van der Waals surface area contributed by atoms with E-state index in [1.807, 2.05) is 6.92 Å². The number of aliphatic hydroxyl groups is 1. The van der Waals surface area contributed by atoms with Crippen molar-refractivity contribution in [3.8, 4) is 0 Å². The first-order valence-electron chi connectivity index (χ1n) is 5.72. The second kappa shape index (κ2) is 5.68. The number of aliphatic hydroxyl groups excluding tert-OH is 1. The minimum atomic E-state index is -0.683. The maximum Gasteiger partial charge on any atom is 0.345 e. The Kier molecular flexibility index (Phi) is 4.52. The zero-order chi connectivity index (χ0) is 12.1. The van der Waals surface area contributed by atoms with Crippen LogP contribution in [0.2, 0.25) is 0 Å². The molecule has 1 heterocycles. The lowest BCUT2D eigenvalue weighted by molar-refractivity contribution is -0.150. The molecule has 1 aliphatic heterocycles. The number of hydrogen-bond acceptors (Lipinski definition) is 4. The van der Waals surface area contributed by atoms with Gasteiger partial charge in [-0.05, 0) is 13.3 Å². The molecule has 4 nitrogen and oxygen atoms in total. The van der Waals surface area contributed by atoms with Crippen molar-refractivity contribution in [3.63, 3.8) is 0 Å². The molecule has 1 aliphatic rings. The van der Waals surface area contributed by atoms with Gasteiger partial charge in [0.2, 0.25) is 0 Å². The van der Waals surface area contributed by atoms with Gasteiger partial charge in [-0.1, -0.05) is 19.8 Å². The van der Waals surface area contributed by atoms with Crippen molar-refractivity contribution in [3.05, 3.63) is 11.3 Å². The normalized spacial score (nSPS) is 24.2. The quantitative estimate of drug-likeness (QED) is 0.262. The molecule has 0 saturated carbocycles. The van der Waals surface area contributed by atoms with Crippen LogP contribution in [0.15, 0.2) is 11.3 Å². The highest BCUT2D eigenvalue weighted by Crippen LogP contribution is 2.21. The topological polar surface area (TPSA) is 63.6 Å². The van der Waals surface area contributed by atoms with Crippen molar-refractivity contribution < 1.29 is 19.4 Å². The smallest absolute Gasteiger partial charge is 0.345 e. The fourth-order valence-electron chi connectivity index (χ4n) is 1.71. The molecular weight excluding hydrogens is 208 g/mol. The Morgan fingerprint density at radius 2 is 2.12 bits per heavy atom. The van der Waals surface area contributed by atoms with Crippen molar-refractivity contribution in [2.45, 2.75) is 52.1 Å². The van der Waals surface area contributed by atoms with Gasteiger partial charge < -0.3 is 9.84 Å². The number of esters is 1. The number of ether oxygens (including phenoxy) is 1. The molecule has 1 atom stereocenters. The molecule has 0 radical (unpaired) electrons. The molecule has 0 bridgehead atoms. The Balaban J connectivity index is 2.71. The molecule has 16 heavy (non-hydrogen) atoms. The van der Waals surface area contributed by atoms with E-state index >= 15 is 0 Å². The predicted octanol–water partition coefficient (Wildman–Crippen LogP) is 2.28. The number of allylic oxidation sites excluding steroid dienone is 1. The van der Waals surface area contributed by atoms with Crippen molar-refractivity contribution in [2.75, 3.05) is 0 Å². The van der Waals surface area contributed by atoms with E-state index in [1.165, 1.54) is 0 Å². The molecule has 1 rings (SSSR count). The van der Waals surface area contributed by atoms with E-state index in [0.29, 0.717) is 6.42 Å². The molecule has 4 heteroatoms.